The Hall–Kier alpha value is -1.64. The van der Waals surface area contributed by atoms with Crippen molar-refractivity contribution in [2.24, 2.45) is 0 Å². The van der Waals surface area contributed by atoms with Gasteiger partial charge in [0.25, 0.3) is 0 Å². The Bertz CT molecular complexity index is 719. The fourth-order valence-corrected chi connectivity index (χ4v) is 4.33. The van der Waals surface area contributed by atoms with Gasteiger partial charge < -0.3 is 10.4 Å². The Kier molecular flexibility index (Phi) is 4.74. The maximum absolute atomic E-state index is 12.6. The van der Waals surface area contributed by atoms with Crippen LogP contribution < -0.4 is 5.32 Å². The lowest BCUT2D eigenvalue weighted by molar-refractivity contribution is -0.140. The lowest BCUT2D eigenvalue weighted by atomic mass is 10.2. The maximum Gasteiger partial charge on any atom is 0.322 e. The Morgan fingerprint density at radius 3 is 2.64 bits per heavy atom. The number of rotatable bonds is 4. The fraction of sp³-hybridized carbons (Fsp3) is 0.385. The van der Waals surface area contributed by atoms with Crippen LogP contribution in [-0.4, -0.2) is 42.3 Å². The third kappa shape index (κ3) is 3.23. The quantitative estimate of drug-likeness (QED) is 0.860. The summed E-state index contributed by atoms with van der Waals surface area (Å²) in [6, 6.07) is 2.82. The highest BCUT2D eigenvalue weighted by Crippen LogP contribution is 2.30. The van der Waals surface area contributed by atoms with Crippen molar-refractivity contribution >= 4 is 39.2 Å². The number of anilines is 1. The summed E-state index contributed by atoms with van der Waals surface area (Å²) in [6.45, 7) is 1.47. The van der Waals surface area contributed by atoms with E-state index < -0.39 is 22.0 Å². The first-order valence-electron chi connectivity index (χ1n) is 6.55. The Morgan fingerprint density at radius 1 is 1.41 bits per heavy atom. The summed E-state index contributed by atoms with van der Waals surface area (Å²) in [4.78, 5) is 22.1. The largest absolute Gasteiger partial charge is 0.480 e. The molecule has 0 spiro atoms. The van der Waals surface area contributed by atoms with E-state index >= 15 is 0 Å². The van der Waals surface area contributed by atoms with Gasteiger partial charge >= 0.3 is 5.97 Å². The second-order valence-corrected chi connectivity index (χ2v) is 7.23. The van der Waals surface area contributed by atoms with Gasteiger partial charge in [-0.25, -0.2) is 8.42 Å². The molecule has 1 fully saturated rings. The van der Waals surface area contributed by atoms with E-state index in [1.807, 2.05) is 0 Å². The van der Waals surface area contributed by atoms with Crippen molar-refractivity contribution in [3.63, 3.8) is 0 Å². The van der Waals surface area contributed by atoms with Crippen LogP contribution in [0.25, 0.3) is 0 Å². The van der Waals surface area contributed by atoms with Crippen LogP contribution in [0.4, 0.5) is 5.69 Å². The van der Waals surface area contributed by atoms with Crippen molar-refractivity contribution in [1.29, 1.82) is 0 Å². The summed E-state index contributed by atoms with van der Waals surface area (Å²) in [5.74, 6) is -1.50. The molecule has 2 rings (SSSR count). The molecule has 1 heterocycles. The van der Waals surface area contributed by atoms with Gasteiger partial charge in [-0.05, 0) is 31.0 Å². The molecule has 0 aliphatic carbocycles. The predicted molar refractivity (Wildman–Crippen MR) is 80.3 cm³/mol. The standard InChI is InChI=1S/C13H15ClN2O5S/c1-8(17)15-11-5-4-9(7-10(11)14)22(20,21)16-6-2-3-12(16)13(18)19/h4-5,7,12H,2-3,6H2,1H3,(H,15,17)(H,18,19)/t12-/m1/s1. The van der Waals surface area contributed by atoms with E-state index in [9.17, 15) is 18.0 Å². The number of nitrogens with one attached hydrogen (secondary N) is 1. The van der Waals surface area contributed by atoms with Crippen LogP contribution in [0.15, 0.2) is 23.1 Å². The molecule has 0 bridgehead atoms. The molecule has 0 aromatic heterocycles. The Morgan fingerprint density at radius 2 is 2.09 bits per heavy atom. The van der Waals surface area contributed by atoms with Crippen LogP contribution in [0.2, 0.25) is 5.02 Å². The van der Waals surface area contributed by atoms with Crippen molar-refractivity contribution in [2.45, 2.75) is 30.7 Å². The van der Waals surface area contributed by atoms with Crippen LogP contribution in [0.1, 0.15) is 19.8 Å². The highest BCUT2D eigenvalue weighted by atomic mass is 35.5. The summed E-state index contributed by atoms with van der Waals surface area (Å²) in [5, 5.41) is 11.7. The molecule has 1 aliphatic heterocycles. The molecule has 1 aromatic carbocycles. The Labute approximate surface area is 132 Å². The van der Waals surface area contributed by atoms with E-state index in [1.165, 1.54) is 25.1 Å². The predicted octanol–water partition coefficient (Wildman–Crippen LogP) is 1.54. The normalized spacial score (nSPS) is 19.1. The van der Waals surface area contributed by atoms with Gasteiger partial charge in [0, 0.05) is 13.5 Å². The number of sulfonamides is 1. The smallest absolute Gasteiger partial charge is 0.322 e. The number of carbonyl (C=O) groups excluding carboxylic acids is 1. The SMILES string of the molecule is CC(=O)Nc1ccc(S(=O)(=O)N2CCC[C@@H]2C(=O)O)cc1Cl. The number of carboxylic acids is 1. The number of hydrogen-bond donors (Lipinski definition) is 2. The number of halogens is 1. The fourth-order valence-electron chi connectivity index (χ4n) is 2.36. The zero-order valence-electron chi connectivity index (χ0n) is 11.7. The molecule has 1 aromatic rings. The van der Waals surface area contributed by atoms with Crippen LogP contribution in [0.5, 0.6) is 0 Å². The van der Waals surface area contributed by atoms with E-state index in [4.69, 9.17) is 16.7 Å². The third-order valence-electron chi connectivity index (χ3n) is 3.35. The maximum atomic E-state index is 12.6. The van der Waals surface area contributed by atoms with Gasteiger partial charge in [-0.1, -0.05) is 11.6 Å². The van der Waals surface area contributed by atoms with Crippen molar-refractivity contribution in [3.8, 4) is 0 Å². The summed E-state index contributed by atoms with van der Waals surface area (Å²) in [7, 11) is -3.95. The van der Waals surface area contributed by atoms with Gasteiger partial charge in [0.05, 0.1) is 15.6 Å². The first kappa shape index (κ1) is 16.7. The molecule has 9 heteroatoms. The van der Waals surface area contributed by atoms with Crippen molar-refractivity contribution in [2.75, 3.05) is 11.9 Å². The summed E-state index contributed by atoms with van der Waals surface area (Å²) >= 11 is 5.97. The minimum Gasteiger partial charge on any atom is -0.480 e. The molecule has 2 N–H and O–H groups in total. The number of nitrogens with zero attached hydrogens (tertiary/aromatic N) is 1. The van der Waals surface area contributed by atoms with Gasteiger partial charge in [0.1, 0.15) is 6.04 Å². The second-order valence-electron chi connectivity index (χ2n) is 4.93. The molecule has 1 saturated heterocycles. The topological polar surface area (TPSA) is 104 Å². The molecule has 1 aliphatic rings. The molecule has 0 radical (unpaired) electrons. The van der Waals surface area contributed by atoms with E-state index in [2.05, 4.69) is 5.32 Å². The van der Waals surface area contributed by atoms with Crippen molar-refractivity contribution < 1.29 is 23.1 Å². The Balaban J connectivity index is 2.36. The van der Waals surface area contributed by atoms with Gasteiger partial charge in [-0.3, -0.25) is 9.59 Å². The van der Waals surface area contributed by atoms with Gasteiger partial charge in [0.15, 0.2) is 0 Å². The first-order valence-corrected chi connectivity index (χ1v) is 8.37. The number of carbonyl (C=O) groups is 2. The minimum absolute atomic E-state index is 0.0716. The van der Waals surface area contributed by atoms with Gasteiger partial charge in [0.2, 0.25) is 15.9 Å². The lowest BCUT2D eigenvalue weighted by Crippen LogP contribution is -2.40. The highest BCUT2D eigenvalue weighted by Gasteiger charge is 2.39. The van der Waals surface area contributed by atoms with E-state index in [0.29, 0.717) is 12.1 Å². The molecule has 1 amide bonds. The summed E-state index contributed by atoms with van der Waals surface area (Å²) in [5.41, 5.74) is 0.296. The summed E-state index contributed by atoms with van der Waals surface area (Å²) in [6.07, 6.45) is 0.778. The van der Waals surface area contributed by atoms with E-state index in [0.717, 1.165) is 4.31 Å². The molecule has 0 saturated carbocycles. The monoisotopic (exact) mass is 346 g/mol. The molecule has 7 nitrogen and oxygen atoms in total. The number of aliphatic carboxylic acids is 1. The lowest BCUT2D eigenvalue weighted by Gasteiger charge is -2.21. The number of hydrogen-bond acceptors (Lipinski definition) is 4. The van der Waals surface area contributed by atoms with Gasteiger partial charge in [-0.15, -0.1) is 0 Å². The van der Waals surface area contributed by atoms with Crippen molar-refractivity contribution in [3.05, 3.63) is 23.2 Å². The van der Waals surface area contributed by atoms with Crippen LogP contribution in [0, 0.1) is 0 Å². The molecular formula is C13H15ClN2O5S. The minimum atomic E-state index is -3.95. The number of amides is 1. The van der Waals surface area contributed by atoms with Crippen molar-refractivity contribution in [1.82, 2.24) is 4.31 Å². The molecule has 1 atom stereocenters. The average Bonchev–Trinajstić information content (AvgIpc) is 2.90. The molecular weight excluding hydrogens is 332 g/mol. The third-order valence-corrected chi connectivity index (χ3v) is 5.56. The second kappa shape index (κ2) is 6.23. The van der Waals surface area contributed by atoms with Gasteiger partial charge in [-0.2, -0.15) is 4.31 Å². The van der Waals surface area contributed by atoms with Crippen LogP contribution in [-0.2, 0) is 19.6 Å². The highest BCUT2D eigenvalue weighted by molar-refractivity contribution is 7.89. The van der Waals surface area contributed by atoms with E-state index in [-0.39, 0.29) is 28.8 Å². The first-order chi connectivity index (χ1) is 10.2. The van der Waals surface area contributed by atoms with E-state index in [1.54, 1.807) is 0 Å². The number of benzene rings is 1. The molecule has 0 unspecified atom stereocenters. The zero-order valence-corrected chi connectivity index (χ0v) is 13.3. The summed E-state index contributed by atoms with van der Waals surface area (Å²) < 4.78 is 26.1. The zero-order chi connectivity index (χ0) is 16.5. The van der Waals surface area contributed by atoms with Crippen LogP contribution in [0.3, 0.4) is 0 Å². The average molecular weight is 347 g/mol. The number of carboxylic acid groups (broad SMARTS) is 1. The van der Waals surface area contributed by atoms with Crippen LogP contribution >= 0.6 is 11.6 Å². The molecule has 120 valence electrons. The molecule has 22 heavy (non-hydrogen) atoms.